The Labute approximate surface area is 162 Å². The first-order valence-electron chi connectivity index (χ1n) is 8.73. The van der Waals surface area contributed by atoms with Gasteiger partial charge >= 0.3 is 0 Å². The number of amides is 1. The lowest BCUT2D eigenvalue weighted by molar-refractivity contribution is -0.126. The van der Waals surface area contributed by atoms with E-state index in [0.717, 1.165) is 11.3 Å². The van der Waals surface area contributed by atoms with E-state index in [1.807, 2.05) is 31.2 Å². The Morgan fingerprint density at radius 1 is 1.25 bits per heavy atom. The first-order valence-corrected chi connectivity index (χ1v) is 8.73. The van der Waals surface area contributed by atoms with Crippen LogP contribution < -0.4 is 4.74 Å². The molecule has 0 spiro atoms. The second-order valence-electron chi connectivity index (χ2n) is 6.28. The molecule has 7 heteroatoms. The predicted molar refractivity (Wildman–Crippen MR) is 105 cm³/mol. The van der Waals surface area contributed by atoms with Gasteiger partial charge in [-0.25, -0.2) is 14.1 Å². The maximum absolute atomic E-state index is 13.8. The maximum Gasteiger partial charge on any atom is 0.246 e. The molecule has 6 nitrogen and oxygen atoms in total. The Morgan fingerprint density at radius 3 is 2.61 bits per heavy atom. The van der Waals surface area contributed by atoms with Gasteiger partial charge in [-0.3, -0.25) is 4.79 Å². The highest BCUT2D eigenvalue weighted by Crippen LogP contribution is 2.21. The molecule has 0 saturated carbocycles. The van der Waals surface area contributed by atoms with Gasteiger partial charge in [0.15, 0.2) is 11.6 Å². The van der Waals surface area contributed by atoms with Crippen LogP contribution in [0, 0.1) is 5.82 Å². The molecule has 2 aromatic carbocycles. The second-order valence-corrected chi connectivity index (χ2v) is 6.28. The lowest BCUT2D eigenvalue weighted by atomic mass is 10.1. The summed E-state index contributed by atoms with van der Waals surface area (Å²) in [6, 6.07) is 12.2. The van der Waals surface area contributed by atoms with Gasteiger partial charge in [-0.2, -0.15) is 5.10 Å². The van der Waals surface area contributed by atoms with Crippen molar-refractivity contribution in [1.29, 1.82) is 0 Å². The van der Waals surface area contributed by atoms with Crippen molar-refractivity contribution in [3.05, 3.63) is 78.1 Å². The predicted octanol–water partition coefficient (Wildman–Crippen LogP) is 3.65. The van der Waals surface area contributed by atoms with Gasteiger partial charge in [-0.05, 0) is 48.4 Å². The number of hydrogen-bond donors (Lipinski definition) is 0. The molecule has 0 saturated heterocycles. The van der Waals surface area contributed by atoms with Crippen molar-refractivity contribution in [3.63, 3.8) is 0 Å². The largest absolute Gasteiger partial charge is 0.494 e. The number of nitrogens with zero attached hydrogens (tertiary/aromatic N) is 4. The third kappa shape index (κ3) is 4.25. The summed E-state index contributed by atoms with van der Waals surface area (Å²) in [5.41, 5.74) is 2.47. The molecular weight excluding hydrogens is 359 g/mol. The molecule has 1 heterocycles. The van der Waals surface area contributed by atoms with Crippen LogP contribution in [0.4, 0.5) is 4.39 Å². The number of aromatic nitrogens is 3. The van der Waals surface area contributed by atoms with Crippen molar-refractivity contribution in [2.24, 2.45) is 0 Å². The number of ether oxygens (including phenoxy) is 1. The number of carbonyl (C=O) groups is 1. The van der Waals surface area contributed by atoms with Crippen molar-refractivity contribution in [1.82, 2.24) is 19.7 Å². The highest BCUT2D eigenvalue weighted by Gasteiger charge is 2.15. The van der Waals surface area contributed by atoms with Gasteiger partial charge in [0, 0.05) is 13.1 Å². The van der Waals surface area contributed by atoms with Gasteiger partial charge in [0.1, 0.15) is 12.7 Å². The SMILES string of the molecule is COc1ccc(/C=C/C(=O)N(C)[C@@H](C)c2ccc(-n3cncn3)cc2)cc1F. The Bertz CT molecular complexity index is 969. The van der Waals surface area contributed by atoms with E-state index in [2.05, 4.69) is 10.1 Å². The summed E-state index contributed by atoms with van der Waals surface area (Å²) in [5.74, 6) is -0.473. The van der Waals surface area contributed by atoms with E-state index in [1.165, 1.54) is 31.6 Å². The quantitative estimate of drug-likeness (QED) is 0.613. The summed E-state index contributed by atoms with van der Waals surface area (Å²) in [4.78, 5) is 18.0. The molecule has 144 valence electrons. The van der Waals surface area contributed by atoms with Crippen molar-refractivity contribution in [2.75, 3.05) is 14.2 Å². The molecule has 1 aromatic heterocycles. The Morgan fingerprint density at radius 2 is 2.00 bits per heavy atom. The summed E-state index contributed by atoms with van der Waals surface area (Å²) in [5, 5.41) is 4.09. The van der Waals surface area contributed by atoms with Crippen LogP contribution in [0.1, 0.15) is 24.1 Å². The fraction of sp³-hybridized carbons (Fsp3) is 0.190. The highest BCUT2D eigenvalue weighted by molar-refractivity contribution is 5.91. The van der Waals surface area contributed by atoms with E-state index < -0.39 is 5.82 Å². The molecule has 0 aliphatic heterocycles. The van der Waals surface area contributed by atoms with Crippen LogP contribution in [0.25, 0.3) is 11.8 Å². The van der Waals surface area contributed by atoms with Crippen molar-refractivity contribution >= 4 is 12.0 Å². The van der Waals surface area contributed by atoms with E-state index in [9.17, 15) is 9.18 Å². The third-order valence-corrected chi connectivity index (χ3v) is 4.58. The molecule has 1 amide bonds. The van der Waals surface area contributed by atoms with Gasteiger partial charge < -0.3 is 9.64 Å². The molecule has 3 aromatic rings. The zero-order valence-electron chi connectivity index (χ0n) is 15.9. The molecule has 3 rings (SSSR count). The van der Waals surface area contributed by atoms with Crippen LogP contribution in [0.2, 0.25) is 0 Å². The first kappa shape index (κ1) is 19.3. The minimum atomic E-state index is -0.466. The normalized spacial score (nSPS) is 12.1. The summed E-state index contributed by atoms with van der Waals surface area (Å²) < 4.78 is 20.3. The van der Waals surface area contributed by atoms with Crippen LogP contribution >= 0.6 is 0 Å². The number of rotatable bonds is 6. The zero-order chi connectivity index (χ0) is 20.1. The molecule has 28 heavy (non-hydrogen) atoms. The smallest absolute Gasteiger partial charge is 0.246 e. The van der Waals surface area contributed by atoms with Gasteiger partial charge in [0.25, 0.3) is 0 Å². The zero-order valence-corrected chi connectivity index (χ0v) is 15.9. The summed E-state index contributed by atoms with van der Waals surface area (Å²) in [7, 11) is 3.14. The van der Waals surface area contributed by atoms with E-state index >= 15 is 0 Å². The number of likely N-dealkylation sites (N-methyl/N-ethyl adjacent to an activating group) is 1. The standard InChI is InChI=1S/C21H21FN4O2/c1-15(17-6-8-18(9-7-17)26-14-23-13-24-26)25(2)21(27)11-5-16-4-10-20(28-3)19(22)12-16/h4-15H,1-3H3/b11-5+/t15-/m0/s1. The van der Waals surface area contributed by atoms with Crippen LogP contribution in [0.3, 0.4) is 0 Å². The van der Waals surface area contributed by atoms with Gasteiger partial charge in [-0.1, -0.05) is 18.2 Å². The van der Waals surface area contributed by atoms with Crippen LogP contribution in [0.5, 0.6) is 5.75 Å². The van der Waals surface area contributed by atoms with Crippen molar-refractivity contribution < 1.29 is 13.9 Å². The van der Waals surface area contributed by atoms with E-state index in [4.69, 9.17) is 4.74 Å². The Kier molecular flexibility index (Phi) is 5.84. The molecule has 0 radical (unpaired) electrons. The monoisotopic (exact) mass is 380 g/mol. The van der Waals surface area contributed by atoms with Gasteiger partial charge in [0.2, 0.25) is 5.91 Å². The number of carbonyl (C=O) groups excluding carboxylic acids is 1. The van der Waals surface area contributed by atoms with Crippen molar-refractivity contribution in [2.45, 2.75) is 13.0 Å². The maximum atomic E-state index is 13.8. The molecule has 0 unspecified atom stereocenters. The average Bonchev–Trinajstić information content (AvgIpc) is 3.26. The van der Waals surface area contributed by atoms with E-state index in [-0.39, 0.29) is 17.7 Å². The molecule has 0 bridgehead atoms. The fourth-order valence-corrected chi connectivity index (χ4v) is 2.73. The second kappa shape index (κ2) is 8.47. The summed E-state index contributed by atoms with van der Waals surface area (Å²) in [6.45, 7) is 1.95. The molecule has 0 fully saturated rings. The van der Waals surface area contributed by atoms with Gasteiger partial charge in [0.05, 0.1) is 18.8 Å². The Balaban J connectivity index is 1.67. The summed E-state index contributed by atoms with van der Waals surface area (Å²) in [6.07, 6.45) is 6.12. The van der Waals surface area contributed by atoms with E-state index in [0.29, 0.717) is 5.56 Å². The van der Waals surface area contributed by atoms with E-state index in [1.54, 1.807) is 35.1 Å². The Hall–Kier alpha value is -3.48. The number of hydrogen-bond acceptors (Lipinski definition) is 4. The number of benzene rings is 2. The average molecular weight is 380 g/mol. The summed E-state index contributed by atoms with van der Waals surface area (Å²) >= 11 is 0. The lowest BCUT2D eigenvalue weighted by Gasteiger charge is -2.24. The first-order chi connectivity index (χ1) is 13.5. The van der Waals surface area contributed by atoms with Gasteiger partial charge in [-0.15, -0.1) is 0 Å². The van der Waals surface area contributed by atoms with Crippen LogP contribution in [-0.4, -0.2) is 39.7 Å². The molecule has 0 aliphatic rings. The van der Waals surface area contributed by atoms with Crippen LogP contribution in [0.15, 0.2) is 61.2 Å². The minimum Gasteiger partial charge on any atom is -0.494 e. The molecular formula is C21H21FN4O2. The topological polar surface area (TPSA) is 60.2 Å². The molecule has 1 atom stereocenters. The highest BCUT2D eigenvalue weighted by atomic mass is 19.1. The number of halogens is 1. The molecule has 0 aliphatic carbocycles. The minimum absolute atomic E-state index is 0.130. The molecule has 0 N–H and O–H groups in total. The number of methoxy groups -OCH3 is 1. The third-order valence-electron chi connectivity index (χ3n) is 4.58. The lowest BCUT2D eigenvalue weighted by Crippen LogP contribution is -2.27. The van der Waals surface area contributed by atoms with Crippen molar-refractivity contribution in [3.8, 4) is 11.4 Å². The van der Waals surface area contributed by atoms with Crippen LogP contribution in [-0.2, 0) is 4.79 Å². The fourth-order valence-electron chi connectivity index (χ4n) is 2.73.